The van der Waals surface area contributed by atoms with Crippen LogP contribution in [-0.4, -0.2) is 26.3 Å². The molecule has 3 aromatic rings. The van der Waals surface area contributed by atoms with Crippen molar-refractivity contribution in [3.8, 4) is 16.9 Å². The molecule has 140 valence electrons. The molecule has 1 heterocycles. The van der Waals surface area contributed by atoms with Crippen LogP contribution in [0.1, 0.15) is 6.92 Å². The molecule has 0 saturated heterocycles. The van der Waals surface area contributed by atoms with E-state index in [1.807, 2.05) is 42.5 Å². The van der Waals surface area contributed by atoms with Crippen molar-refractivity contribution in [1.29, 1.82) is 0 Å². The predicted octanol–water partition coefficient (Wildman–Crippen LogP) is 4.26. The molecule has 1 aromatic heterocycles. The van der Waals surface area contributed by atoms with E-state index in [1.54, 1.807) is 38.6 Å². The first kappa shape index (κ1) is 18.7. The van der Waals surface area contributed by atoms with Gasteiger partial charge in [0.1, 0.15) is 5.75 Å². The number of aromatic nitrogens is 1. The molecule has 0 aliphatic rings. The van der Waals surface area contributed by atoms with Crippen molar-refractivity contribution >= 4 is 27.1 Å². The number of nitrogens with zero attached hydrogens (tertiary/aromatic N) is 1. The van der Waals surface area contributed by atoms with Crippen LogP contribution >= 0.6 is 0 Å². The molecule has 6 nitrogen and oxygen atoms in total. The van der Waals surface area contributed by atoms with Crippen molar-refractivity contribution in [2.45, 2.75) is 6.92 Å². The van der Waals surface area contributed by atoms with E-state index in [1.165, 1.54) is 0 Å². The van der Waals surface area contributed by atoms with Crippen molar-refractivity contribution in [1.82, 2.24) is 4.98 Å². The standard InChI is InChI=1S/C20H21N3O3S/c1-3-27(24,25)23-18-6-4-5-15(11-18)16-12-19(14-21-13-16)22-17-7-9-20(26-2)10-8-17/h4-14,22-23H,3H2,1-2H3. The molecule has 7 heteroatoms. The van der Waals surface area contributed by atoms with Crippen LogP contribution in [0.5, 0.6) is 5.75 Å². The van der Waals surface area contributed by atoms with Gasteiger partial charge < -0.3 is 10.1 Å². The Balaban J connectivity index is 1.82. The zero-order chi connectivity index (χ0) is 19.3. The number of nitrogens with one attached hydrogen (secondary N) is 2. The van der Waals surface area contributed by atoms with Crippen LogP contribution in [0.4, 0.5) is 17.1 Å². The van der Waals surface area contributed by atoms with E-state index < -0.39 is 10.0 Å². The van der Waals surface area contributed by atoms with Gasteiger partial charge in [0.25, 0.3) is 0 Å². The third-order valence-corrected chi connectivity index (χ3v) is 5.27. The van der Waals surface area contributed by atoms with Crippen molar-refractivity contribution < 1.29 is 13.2 Å². The molecule has 0 amide bonds. The lowest BCUT2D eigenvalue weighted by atomic mass is 10.1. The highest BCUT2D eigenvalue weighted by Crippen LogP contribution is 2.26. The maximum absolute atomic E-state index is 11.8. The fraction of sp³-hybridized carbons (Fsp3) is 0.150. The van der Waals surface area contributed by atoms with Gasteiger partial charge in [-0.05, 0) is 55.0 Å². The zero-order valence-electron chi connectivity index (χ0n) is 15.1. The smallest absolute Gasteiger partial charge is 0.232 e. The first-order valence-corrected chi connectivity index (χ1v) is 10.1. The van der Waals surface area contributed by atoms with Crippen molar-refractivity contribution in [2.24, 2.45) is 0 Å². The van der Waals surface area contributed by atoms with Gasteiger partial charge in [0, 0.05) is 23.1 Å². The fourth-order valence-electron chi connectivity index (χ4n) is 2.52. The lowest BCUT2D eigenvalue weighted by molar-refractivity contribution is 0.415. The average Bonchev–Trinajstić information content (AvgIpc) is 2.69. The molecule has 2 N–H and O–H groups in total. The van der Waals surface area contributed by atoms with E-state index >= 15 is 0 Å². The molecule has 27 heavy (non-hydrogen) atoms. The lowest BCUT2D eigenvalue weighted by Crippen LogP contribution is -2.14. The number of anilines is 3. The van der Waals surface area contributed by atoms with Crippen LogP contribution in [0.15, 0.2) is 67.0 Å². The Kier molecular flexibility index (Phi) is 5.61. The number of ether oxygens (including phenoxy) is 1. The summed E-state index contributed by atoms with van der Waals surface area (Å²) in [4.78, 5) is 4.29. The van der Waals surface area contributed by atoms with E-state index in [4.69, 9.17) is 4.74 Å². The van der Waals surface area contributed by atoms with Gasteiger partial charge in [-0.2, -0.15) is 0 Å². The van der Waals surface area contributed by atoms with Crippen LogP contribution < -0.4 is 14.8 Å². The van der Waals surface area contributed by atoms with Crippen LogP contribution in [0.2, 0.25) is 0 Å². The first-order valence-electron chi connectivity index (χ1n) is 8.46. The first-order chi connectivity index (χ1) is 13.0. The molecular weight excluding hydrogens is 362 g/mol. The topological polar surface area (TPSA) is 80.3 Å². The number of hydrogen-bond acceptors (Lipinski definition) is 5. The summed E-state index contributed by atoms with van der Waals surface area (Å²) in [5.41, 5.74) is 4.03. The Hall–Kier alpha value is -3.06. The molecule has 0 bridgehead atoms. The Morgan fingerprint density at radius 2 is 1.67 bits per heavy atom. The summed E-state index contributed by atoms with van der Waals surface area (Å²) in [5, 5.41) is 3.30. The van der Waals surface area contributed by atoms with Crippen molar-refractivity contribution in [2.75, 3.05) is 22.9 Å². The summed E-state index contributed by atoms with van der Waals surface area (Å²) in [5.74, 6) is 0.818. The summed E-state index contributed by atoms with van der Waals surface area (Å²) >= 11 is 0. The zero-order valence-corrected chi connectivity index (χ0v) is 16.0. The predicted molar refractivity (Wildman–Crippen MR) is 109 cm³/mol. The van der Waals surface area contributed by atoms with Gasteiger partial charge in [-0.25, -0.2) is 8.42 Å². The second kappa shape index (κ2) is 8.09. The molecule has 0 atom stereocenters. The third kappa shape index (κ3) is 4.98. The summed E-state index contributed by atoms with van der Waals surface area (Å²) in [6, 6.07) is 16.8. The van der Waals surface area contributed by atoms with E-state index in [-0.39, 0.29) is 5.75 Å². The summed E-state index contributed by atoms with van der Waals surface area (Å²) in [6.07, 6.45) is 3.48. The highest BCUT2D eigenvalue weighted by Gasteiger charge is 2.08. The molecule has 0 unspecified atom stereocenters. The van der Waals surface area contributed by atoms with Gasteiger partial charge in [-0.15, -0.1) is 0 Å². The molecule has 0 aliphatic heterocycles. The molecular formula is C20H21N3O3S. The molecule has 3 rings (SSSR count). The van der Waals surface area contributed by atoms with Crippen molar-refractivity contribution in [3.05, 3.63) is 67.0 Å². The second-order valence-corrected chi connectivity index (χ2v) is 7.91. The Labute approximate surface area is 159 Å². The van der Waals surface area contributed by atoms with Gasteiger partial charge in [0.2, 0.25) is 10.0 Å². The van der Waals surface area contributed by atoms with Gasteiger partial charge in [0.15, 0.2) is 0 Å². The van der Waals surface area contributed by atoms with E-state index in [2.05, 4.69) is 15.0 Å². The number of rotatable bonds is 7. The number of benzene rings is 2. The highest BCUT2D eigenvalue weighted by molar-refractivity contribution is 7.92. The summed E-state index contributed by atoms with van der Waals surface area (Å²) in [7, 11) is -1.68. The lowest BCUT2D eigenvalue weighted by Gasteiger charge is -2.10. The van der Waals surface area contributed by atoms with E-state index in [0.717, 1.165) is 28.3 Å². The quantitative estimate of drug-likeness (QED) is 0.637. The summed E-state index contributed by atoms with van der Waals surface area (Å²) in [6.45, 7) is 1.60. The Bertz CT molecular complexity index is 1020. The van der Waals surface area contributed by atoms with Crippen molar-refractivity contribution in [3.63, 3.8) is 0 Å². The molecule has 0 fully saturated rings. The van der Waals surface area contributed by atoms with Gasteiger partial charge in [-0.3, -0.25) is 9.71 Å². The number of methoxy groups -OCH3 is 1. The normalized spacial score (nSPS) is 11.0. The molecule has 0 saturated carbocycles. The van der Waals surface area contributed by atoms with Crippen LogP contribution in [0.3, 0.4) is 0 Å². The molecule has 2 aromatic carbocycles. The van der Waals surface area contributed by atoms with Gasteiger partial charge in [0.05, 0.1) is 24.7 Å². The van der Waals surface area contributed by atoms with E-state index in [9.17, 15) is 8.42 Å². The second-order valence-electron chi connectivity index (χ2n) is 5.90. The number of hydrogen-bond donors (Lipinski definition) is 2. The molecule has 0 aliphatic carbocycles. The minimum absolute atomic E-state index is 0.0278. The minimum atomic E-state index is -3.31. The Morgan fingerprint density at radius 1 is 0.926 bits per heavy atom. The summed E-state index contributed by atoms with van der Waals surface area (Å²) < 4.78 is 31.3. The largest absolute Gasteiger partial charge is 0.497 e. The number of pyridine rings is 1. The van der Waals surface area contributed by atoms with Gasteiger partial charge >= 0.3 is 0 Å². The monoisotopic (exact) mass is 383 g/mol. The maximum Gasteiger partial charge on any atom is 0.232 e. The third-order valence-electron chi connectivity index (χ3n) is 3.97. The van der Waals surface area contributed by atoms with E-state index in [0.29, 0.717) is 5.69 Å². The van der Waals surface area contributed by atoms with Gasteiger partial charge in [-0.1, -0.05) is 12.1 Å². The van der Waals surface area contributed by atoms with Crippen LogP contribution in [-0.2, 0) is 10.0 Å². The Morgan fingerprint density at radius 3 is 2.37 bits per heavy atom. The van der Waals surface area contributed by atoms with Crippen LogP contribution in [0.25, 0.3) is 11.1 Å². The molecule has 0 spiro atoms. The fourth-order valence-corrected chi connectivity index (χ4v) is 3.15. The minimum Gasteiger partial charge on any atom is -0.497 e. The average molecular weight is 383 g/mol. The molecule has 0 radical (unpaired) electrons. The van der Waals surface area contributed by atoms with Crippen LogP contribution in [0, 0.1) is 0 Å². The maximum atomic E-state index is 11.8. The highest BCUT2D eigenvalue weighted by atomic mass is 32.2. The number of sulfonamides is 1. The SMILES string of the molecule is CCS(=O)(=O)Nc1cccc(-c2cncc(Nc3ccc(OC)cc3)c2)c1.